The van der Waals surface area contributed by atoms with Crippen LogP contribution >= 0.6 is 11.9 Å². The van der Waals surface area contributed by atoms with Crippen LogP contribution in [0.3, 0.4) is 0 Å². The number of hydrogen-bond donors (Lipinski definition) is 3. The molecule has 0 saturated carbocycles. The summed E-state index contributed by atoms with van der Waals surface area (Å²) in [5, 5.41) is 0.843. The number of hydrogen-bond acceptors (Lipinski definition) is 4. The van der Waals surface area contributed by atoms with Crippen LogP contribution in [0.25, 0.3) is 0 Å². The van der Waals surface area contributed by atoms with Crippen molar-refractivity contribution >= 4 is 17.1 Å². The van der Waals surface area contributed by atoms with Crippen molar-refractivity contribution in [2.24, 2.45) is 4.99 Å². The Morgan fingerprint density at radius 2 is 2.78 bits per heavy atom. The predicted molar refractivity (Wildman–Crippen MR) is 41.6 cm³/mol. The van der Waals surface area contributed by atoms with Crippen LogP contribution in [0, 0.1) is 0 Å². The van der Waals surface area contributed by atoms with Crippen LogP contribution in [-0.4, -0.2) is 11.7 Å². The van der Waals surface area contributed by atoms with Gasteiger partial charge in [0.15, 0.2) is 5.17 Å². The van der Waals surface area contributed by atoms with Crippen molar-refractivity contribution in [3.8, 4) is 0 Å². The summed E-state index contributed by atoms with van der Waals surface area (Å²) in [6, 6.07) is 0. The summed E-state index contributed by atoms with van der Waals surface area (Å²) in [5.41, 5.74) is 5.47. The number of aliphatic imine (C=N–C) groups is 1. The Balaban J connectivity index is 0.000000810. The van der Waals surface area contributed by atoms with Crippen molar-refractivity contribution in [1.29, 1.82) is 0 Å². The van der Waals surface area contributed by atoms with Crippen molar-refractivity contribution in [2.75, 3.05) is 6.54 Å². The molecule has 1 aliphatic heterocycles. The summed E-state index contributed by atoms with van der Waals surface area (Å²) in [5.74, 6) is 0. The summed E-state index contributed by atoms with van der Waals surface area (Å²) < 4.78 is 0. The van der Waals surface area contributed by atoms with Crippen LogP contribution in [0.4, 0.5) is 0 Å². The fraction of sp³-hybridized carbons (Fsp3) is 0.250. The second-order valence-electron chi connectivity index (χ2n) is 1.39. The normalized spacial score (nSPS) is 22.0. The third-order valence-electron chi connectivity index (χ3n) is 0.732. The molecule has 0 unspecified atom stereocenters. The molecule has 0 amide bonds. The fourth-order valence-corrected chi connectivity index (χ4v) is 0.837. The van der Waals surface area contributed by atoms with Crippen LogP contribution in [0.5, 0.6) is 0 Å². The van der Waals surface area contributed by atoms with Gasteiger partial charge in [0.05, 0.1) is 6.54 Å². The van der Waals surface area contributed by atoms with Gasteiger partial charge >= 0.3 is 0 Å². The smallest absolute Gasteiger partial charge is 0.189 e. The Hall–Kier alpha value is -0.520. The Labute approximate surface area is 59.4 Å². The van der Waals surface area contributed by atoms with Crippen LogP contribution in [0.15, 0.2) is 17.6 Å². The Kier molecular flexibility index (Phi) is 2.56. The maximum absolute atomic E-state index is 4.07. The van der Waals surface area contributed by atoms with E-state index in [9.17, 15) is 0 Å². The molecule has 0 aliphatic carbocycles. The molecule has 0 spiro atoms. The van der Waals surface area contributed by atoms with Gasteiger partial charge in [0, 0.05) is 13.4 Å². The van der Waals surface area contributed by atoms with Gasteiger partial charge in [-0.05, 0) is 0 Å². The summed E-state index contributed by atoms with van der Waals surface area (Å²) >= 11 is 1.41. The van der Waals surface area contributed by atoms with Crippen molar-refractivity contribution in [3.05, 3.63) is 12.7 Å². The van der Waals surface area contributed by atoms with E-state index in [1.807, 2.05) is 0 Å². The van der Waals surface area contributed by atoms with Gasteiger partial charge in [-0.3, -0.25) is 10.4 Å². The van der Waals surface area contributed by atoms with Crippen molar-refractivity contribution in [2.45, 2.75) is 0 Å². The molecule has 0 aromatic heterocycles. The second kappa shape index (κ2) is 3.49. The molecule has 5 heteroatoms. The zero-order chi connectivity index (χ0) is 6.53. The highest BCUT2D eigenvalue weighted by molar-refractivity contribution is 8.12. The highest BCUT2D eigenvalue weighted by Gasteiger charge is 2.03. The SMILES string of the molecule is C=CCN=C1NNNS1.[HH]. The van der Waals surface area contributed by atoms with E-state index in [1.54, 1.807) is 6.08 Å². The summed E-state index contributed by atoms with van der Waals surface area (Å²) in [6.07, 6.45) is 1.74. The lowest BCUT2D eigenvalue weighted by atomic mass is 10.7. The van der Waals surface area contributed by atoms with E-state index in [1.165, 1.54) is 11.9 Å². The van der Waals surface area contributed by atoms with Crippen LogP contribution in [0.1, 0.15) is 1.43 Å². The quantitative estimate of drug-likeness (QED) is 0.380. The molecule has 3 N–H and O–H groups in total. The molecule has 0 aromatic carbocycles. The molecule has 0 radical (unpaired) electrons. The Morgan fingerprint density at radius 1 is 1.89 bits per heavy atom. The zero-order valence-electron chi connectivity index (χ0n) is 4.85. The molecule has 0 bridgehead atoms. The minimum absolute atomic E-state index is 0. The molecule has 52 valence electrons. The molecular formula is C4H10N4S. The first kappa shape index (κ1) is 6.60. The van der Waals surface area contributed by atoms with Crippen molar-refractivity contribution < 1.29 is 1.43 Å². The van der Waals surface area contributed by atoms with Crippen LogP contribution < -0.4 is 15.8 Å². The van der Waals surface area contributed by atoms with E-state index in [2.05, 4.69) is 27.4 Å². The fourth-order valence-electron chi connectivity index (χ4n) is 0.398. The first-order valence-electron chi connectivity index (χ1n) is 2.51. The average Bonchev–Trinajstić information content (AvgIpc) is 2.34. The summed E-state index contributed by atoms with van der Waals surface area (Å²) in [7, 11) is 0. The molecule has 1 aliphatic rings. The average molecular weight is 146 g/mol. The number of amidine groups is 1. The highest BCUT2D eigenvalue weighted by Crippen LogP contribution is 1.96. The van der Waals surface area contributed by atoms with Gasteiger partial charge in [0.1, 0.15) is 0 Å². The molecule has 1 heterocycles. The Bertz CT molecular complexity index is 129. The highest BCUT2D eigenvalue weighted by atomic mass is 32.2. The van der Waals surface area contributed by atoms with E-state index >= 15 is 0 Å². The van der Waals surface area contributed by atoms with E-state index in [0.29, 0.717) is 6.54 Å². The first-order chi connectivity index (χ1) is 4.43. The van der Waals surface area contributed by atoms with Gasteiger partial charge in [-0.1, -0.05) is 6.08 Å². The van der Waals surface area contributed by atoms with Gasteiger partial charge in [0.25, 0.3) is 0 Å². The van der Waals surface area contributed by atoms with E-state index in [0.717, 1.165) is 5.17 Å². The molecule has 1 rings (SSSR count). The third kappa shape index (κ3) is 2.05. The lowest BCUT2D eigenvalue weighted by Gasteiger charge is -1.89. The largest absolute Gasteiger partial charge is 0.285 e. The molecular weight excluding hydrogens is 136 g/mol. The molecule has 0 atom stereocenters. The standard InChI is InChI=1S/C4H8N4S.H2/c1-2-3-5-4-6-7-8-9-4;/h2,7-8H,1,3H2,(H,5,6);1H. The maximum Gasteiger partial charge on any atom is 0.189 e. The van der Waals surface area contributed by atoms with Gasteiger partial charge in [-0.15, -0.1) is 6.58 Å². The molecule has 4 nitrogen and oxygen atoms in total. The van der Waals surface area contributed by atoms with Crippen molar-refractivity contribution in [3.63, 3.8) is 0 Å². The molecule has 1 saturated heterocycles. The Morgan fingerprint density at radius 3 is 3.33 bits per heavy atom. The minimum atomic E-state index is 0. The van der Waals surface area contributed by atoms with Crippen LogP contribution in [-0.2, 0) is 0 Å². The lowest BCUT2D eigenvalue weighted by molar-refractivity contribution is 0.671. The third-order valence-corrected chi connectivity index (χ3v) is 1.36. The van der Waals surface area contributed by atoms with Gasteiger partial charge in [-0.25, -0.2) is 0 Å². The number of hydrazine groups is 2. The minimum Gasteiger partial charge on any atom is -0.285 e. The van der Waals surface area contributed by atoms with E-state index in [-0.39, 0.29) is 1.43 Å². The molecule has 0 aromatic rings. The van der Waals surface area contributed by atoms with Gasteiger partial charge in [0.2, 0.25) is 0 Å². The molecule has 9 heavy (non-hydrogen) atoms. The lowest BCUT2D eigenvalue weighted by Crippen LogP contribution is -2.31. The molecule has 1 fully saturated rings. The van der Waals surface area contributed by atoms with E-state index < -0.39 is 0 Å². The second-order valence-corrected chi connectivity index (χ2v) is 2.18. The maximum atomic E-state index is 4.07. The predicted octanol–water partition coefficient (Wildman–Crippen LogP) is 0.0350. The zero-order valence-corrected chi connectivity index (χ0v) is 5.66. The van der Waals surface area contributed by atoms with Crippen LogP contribution in [0.2, 0.25) is 0 Å². The van der Waals surface area contributed by atoms with Crippen molar-refractivity contribution in [1.82, 2.24) is 15.8 Å². The monoisotopic (exact) mass is 146 g/mol. The summed E-state index contributed by atoms with van der Waals surface area (Å²) in [4.78, 5) is 6.84. The number of rotatable bonds is 2. The number of nitrogens with one attached hydrogen (secondary N) is 3. The number of nitrogens with zero attached hydrogens (tertiary/aromatic N) is 1. The summed E-state index contributed by atoms with van der Waals surface area (Å²) in [6.45, 7) is 4.19. The van der Waals surface area contributed by atoms with E-state index in [4.69, 9.17) is 0 Å². The topological polar surface area (TPSA) is 48.5 Å². The van der Waals surface area contributed by atoms with Gasteiger partial charge in [-0.2, -0.15) is 10.4 Å². The first-order valence-corrected chi connectivity index (χ1v) is 3.33. The van der Waals surface area contributed by atoms with Gasteiger partial charge < -0.3 is 0 Å².